The van der Waals surface area contributed by atoms with Gasteiger partial charge in [-0.15, -0.1) is 0 Å². The van der Waals surface area contributed by atoms with Crippen LogP contribution in [0.15, 0.2) is 66.5 Å². The maximum absolute atomic E-state index is 14.6. The van der Waals surface area contributed by atoms with Crippen LogP contribution in [0, 0.1) is 0 Å². The Hall–Kier alpha value is -2.27. The molecule has 0 aliphatic carbocycles. The number of hydrogen-bond donors (Lipinski definition) is 1. The van der Waals surface area contributed by atoms with Crippen LogP contribution in [0.2, 0.25) is 0 Å². The summed E-state index contributed by atoms with van der Waals surface area (Å²) in [5, 5.41) is 2.62. The zero-order chi connectivity index (χ0) is 17.9. The number of alkyl carbamates (subject to hydrolysis) is 1. The molecule has 1 amide bonds. The summed E-state index contributed by atoms with van der Waals surface area (Å²) in [6.07, 6.45) is 3.27. The van der Waals surface area contributed by atoms with Crippen molar-refractivity contribution < 1.29 is 13.9 Å². The van der Waals surface area contributed by atoms with Crippen LogP contribution in [0.5, 0.6) is 0 Å². The number of ether oxygens (including phenoxy) is 1. The van der Waals surface area contributed by atoms with Crippen molar-refractivity contribution in [1.82, 2.24) is 5.32 Å². The molecule has 132 valence electrons. The fourth-order valence-electron chi connectivity index (χ4n) is 2.23. The van der Waals surface area contributed by atoms with Gasteiger partial charge in [-0.3, -0.25) is 0 Å². The molecule has 2 rings (SSSR count). The maximum Gasteiger partial charge on any atom is 0.408 e. The number of benzene rings is 2. The van der Waals surface area contributed by atoms with Crippen LogP contribution in [0.4, 0.5) is 9.18 Å². The highest BCUT2D eigenvalue weighted by Gasteiger charge is 2.18. The number of thioether (sulfide) groups is 1. The largest absolute Gasteiger partial charge is 0.445 e. The van der Waals surface area contributed by atoms with Crippen molar-refractivity contribution in [3.8, 4) is 0 Å². The first-order valence-electron chi connectivity index (χ1n) is 8.07. The lowest BCUT2D eigenvalue weighted by Crippen LogP contribution is -2.36. The first-order valence-corrected chi connectivity index (χ1v) is 9.46. The maximum atomic E-state index is 14.6. The summed E-state index contributed by atoms with van der Waals surface area (Å²) in [7, 11) is 0. The average molecular weight is 359 g/mol. The van der Waals surface area contributed by atoms with Gasteiger partial charge in [-0.1, -0.05) is 60.7 Å². The molecule has 0 spiro atoms. The number of carbonyl (C=O) groups is 1. The van der Waals surface area contributed by atoms with Crippen molar-refractivity contribution in [3.63, 3.8) is 0 Å². The smallest absolute Gasteiger partial charge is 0.408 e. The van der Waals surface area contributed by atoms with Gasteiger partial charge in [-0.25, -0.2) is 9.18 Å². The third-order valence-corrected chi connectivity index (χ3v) is 4.20. The Kier molecular flexibility index (Phi) is 8.05. The standard InChI is InChI=1S/C20H22FNO2S/c1-25-13-12-19(18(21)14-16-8-4-2-5-9-16)22-20(23)24-15-17-10-6-3-7-11-17/h2-11,14,19H,12-13,15H2,1H3,(H,22,23)/b18-14+. The zero-order valence-corrected chi connectivity index (χ0v) is 15.0. The first-order chi connectivity index (χ1) is 12.2. The van der Waals surface area contributed by atoms with Gasteiger partial charge in [0.2, 0.25) is 0 Å². The molecule has 0 aromatic heterocycles. The molecule has 0 heterocycles. The van der Waals surface area contributed by atoms with E-state index in [0.717, 1.165) is 16.9 Å². The van der Waals surface area contributed by atoms with Crippen molar-refractivity contribution in [1.29, 1.82) is 0 Å². The van der Waals surface area contributed by atoms with Gasteiger partial charge < -0.3 is 10.1 Å². The van der Waals surface area contributed by atoms with E-state index in [1.165, 1.54) is 6.08 Å². The van der Waals surface area contributed by atoms with Gasteiger partial charge in [-0.05, 0) is 35.6 Å². The molecule has 0 fully saturated rings. The number of hydrogen-bond acceptors (Lipinski definition) is 3. The summed E-state index contributed by atoms with van der Waals surface area (Å²) in [5.74, 6) is 0.358. The van der Waals surface area contributed by atoms with Crippen LogP contribution >= 0.6 is 11.8 Å². The van der Waals surface area contributed by atoms with E-state index in [1.807, 2.05) is 66.9 Å². The molecule has 0 radical (unpaired) electrons. The van der Waals surface area contributed by atoms with Crippen LogP contribution in [0.3, 0.4) is 0 Å². The van der Waals surface area contributed by atoms with E-state index in [1.54, 1.807) is 11.8 Å². The van der Waals surface area contributed by atoms with Crippen LogP contribution in [-0.2, 0) is 11.3 Å². The minimum atomic E-state index is -0.698. The minimum absolute atomic E-state index is 0.159. The average Bonchev–Trinajstić information content (AvgIpc) is 2.65. The van der Waals surface area contributed by atoms with Gasteiger partial charge in [0.25, 0.3) is 0 Å². The topological polar surface area (TPSA) is 38.3 Å². The molecular weight excluding hydrogens is 337 g/mol. The highest BCUT2D eigenvalue weighted by atomic mass is 32.2. The molecule has 0 bridgehead atoms. The molecular formula is C20H22FNO2S. The molecule has 1 N–H and O–H groups in total. The molecule has 0 aliphatic heterocycles. The quantitative estimate of drug-likeness (QED) is 0.717. The Morgan fingerprint density at radius 1 is 1.16 bits per heavy atom. The van der Waals surface area contributed by atoms with Gasteiger partial charge in [0.05, 0.1) is 6.04 Å². The SMILES string of the molecule is CSCCC(NC(=O)OCc1ccccc1)/C(F)=C\c1ccccc1. The number of rotatable bonds is 8. The molecule has 25 heavy (non-hydrogen) atoms. The van der Waals surface area contributed by atoms with Crippen molar-refractivity contribution in [3.05, 3.63) is 77.6 Å². The lowest BCUT2D eigenvalue weighted by atomic mass is 10.1. The van der Waals surface area contributed by atoms with Crippen molar-refractivity contribution in [2.45, 2.75) is 19.1 Å². The molecule has 1 atom stereocenters. The predicted molar refractivity (Wildman–Crippen MR) is 102 cm³/mol. The first kappa shape index (κ1) is 19.1. The summed E-state index contributed by atoms with van der Waals surface area (Å²) in [4.78, 5) is 12.0. The van der Waals surface area contributed by atoms with Gasteiger partial charge >= 0.3 is 6.09 Å². The van der Waals surface area contributed by atoms with E-state index in [4.69, 9.17) is 4.74 Å². The third-order valence-electron chi connectivity index (χ3n) is 3.55. The molecule has 0 saturated carbocycles. The highest BCUT2D eigenvalue weighted by Crippen LogP contribution is 2.16. The minimum Gasteiger partial charge on any atom is -0.445 e. The van der Waals surface area contributed by atoms with Crippen molar-refractivity contribution in [2.24, 2.45) is 0 Å². The Morgan fingerprint density at radius 2 is 1.80 bits per heavy atom. The number of nitrogens with one attached hydrogen (secondary N) is 1. The van der Waals surface area contributed by atoms with E-state index >= 15 is 0 Å². The molecule has 0 saturated heterocycles. The summed E-state index contributed by atoms with van der Waals surface area (Å²) >= 11 is 1.60. The molecule has 0 aliphatic rings. The number of halogens is 1. The third kappa shape index (κ3) is 7.01. The molecule has 2 aromatic rings. The Labute approximate surface area is 152 Å². The van der Waals surface area contributed by atoms with E-state index in [9.17, 15) is 9.18 Å². The molecule has 1 unspecified atom stereocenters. The lowest BCUT2D eigenvalue weighted by molar-refractivity contribution is 0.136. The summed E-state index contributed by atoms with van der Waals surface area (Å²) in [6, 6.07) is 17.9. The van der Waals surface area contributed by atoms with Crippen LogP contribution in [0.25, 0.3) is 6.08 Å². The normalized spacial score (nSPS) is 12.5. The second-order valence-corrected chi connectivity index (χ2v) is 6.47. The zero-order valence-electron chi connectivity index (χ0n) is 14.2. The fraction of sp³-hybridized carbons (Fsp3) is 0.250. The molecule has 3 nitrogen and oxygen atoms in total. The summed E-state index contributed by atoms with van der Waals surface area (Å²) in [5.41, 5.74) is 1.65. The Morgan fingerprint density at radius 3 is 2.44 bits per heavy atom. The Balaban J connectivity index is 1.96. The predicted octanol–water partition coefficient (Wildman–Crippen LogP) is 5.05. The Bertz CT molecular complexity index is 677. The molecule has 5 heteroatoms. The number of carbonyl (C=O) groups excluding carboxylic acids is 1. The van der Waals surface area contributed by atoms with Crippen LogP contribution in [0.1, 0.15) is 17.5 Å². The van der Waals surface area contributed by atoms with E-state index in [2.05, 4.69) is 5.32 Å². The summed E-state index contributed by atoms with van der Waals surface area (Å²) in [6.45, 7) is 0.159. The van der Waals surface area contributed by atoms with Crippen molar-refractivity contribution >= 4 is 23.9 Å². The summed E-state index contributed by atoms with van der Waals surface area (Å²) < 4.78 is 19.8. The van der Waals surface area contributed by atoms with Gasteiger partial charge in [0.1, 0.15) is 12.4 Å². The fourth-order valence-corrected chi connectivity index (χ4v) is 2.70. The van der Waals surface area contributed by atoms with Gasteiger partial charge in [0, 0.05) is 0 Å². The monoisotopic (exact) mass is 359 g/mol. The van der Waals surface area contributed by atoms with Gasteiger partial charge in [0.15, 0.2) is 0 Å². The van der Waals surface area contributed by atoms with Crippen molar-refractivity contribution in [2.75, 3.05) is 12.0 Å². The number of amides is 1. The second-order valence-electron chi connectivity index (χ2n) is 5.48. The van der Waals surface area contributed by atoms with Crippen LogP contribution in [-0.4, -0.2) is 24.1 Å². The lowest BCUT2D eigenvalue weighted by Gasteiger charge is -2.17. The van der Waals surface area contributed by atoms with Crippen LogP contribution < -0.4 is 5.32 Å². The van der Waals surface area contributed by atoms with E-state index in [-0.39, 0.29) is 12.4 Å². The molecule has 2 aromatic carbocycles. The van der Waals surface area contributed by atoms with E-state index < -0.39 is 12.1 Å². The van der Waals surface area contributed by atoms with E-state index in [0.29, 0.717) is 6.42 Å². The highest BCUT2D eigenvalue weighted by molar-refractivity contribution is 7.98. The second kappa shape index (κ2) is 10.6. The van der Waals surface area contributed by atoms with Gasteiger partial charge in [-0.2, -0.15) is 11.8 Å².